The Morgan fingerprint density at radius 1 is 1.45 bits per heavy atom. The van der Waals surface area contributed by atoms with Gasteiger partial charge < -0.3 is 5.32 Å². The van der Waals surface area contributed by atoms with E-state index in [-0.39, 0.29) is 11.8 Å². The van der Waals surface area contributed by atoms with Gasteiger partial charge in [0, 0.05) is 6.20 Å². The third-order valence-electron chi connectivity index (χ3n) is 2.72. The molecule has 20 heavy (non-hydrogen) atoms. The van der Waals surface area contributed by atoms with E-state index in [2.05, 4.69) is 26.3 Å². The predicted octanol–water partition coefficient (Wildman–Crippen LogP) is 4.23. The van der Waals surface area contributed by atoms with Gasteiger partial charge in [0.25, 0.3) is 0 Å². The monoisotopic (exact) mass is 375 g/mol. The molecule has 2 rings (SSSR count). The molecule has 0 fully saturated rings. The maximum atomic E-state index is 12.1. The molecule has 1 N–H and O–H groups in total. The molecule has 0 radical (unpaired) electrons. The minimum absolute atomic E-state index is 0.161. The largest absolute Gasteiger partial charge is 0.323 e. The number of aromatic nitrogens is 2. The van der Waals surface area contributed by atoms with Crippen molar-refractivity contribution in [2.75, 3.05) is 5.32 Å². The van der Waals surface area contributed by atoms with Gasteiger partial charge in [-0.15, -0.1) is 0 Å². The van der Waals surface area contributed by atoms with Crippen LogP contribution in [0.3, 0.4) is 0 Å². The summed E-state index contributed by atoms with van der Waals surface area (Å²) in [7, 11) is 0. The topological polar surface area (TPSA) is 46.9 Å². The molecule has 0 aliphatic heterocycles. The van der Waals surface area contributed by atoms with Gasteiger partial charge in [-0.25, -0.2) is 0 Å². The molecule has 2 aromatic rings. The highest BCUT2D eigenvalue weighted by Crippen LogP contribution is 2.30. The van der Waals surface area contributed by atoms with Crippen molar-refractivity contribution in [2.24, 2.45) is 5.92 Å². The van der Waals surface area contributed by atoms with Gasteiger partial charge in [-0.2, -0.15) is 5.10 Å². The van der Waals surface area contributed by atoms with Crippen molar-refractivity contribution >= 4 is 50.7 Å². The van der Waals surface area contributed by atoms with Crippen LogP contribution in [-0.2, 0) is 11.3 Å². The molecule has 1 atom stereocenters. The highest BCUT2D eigenvalue weighted by Gasteiger charge is 2.17. The molecular formula is C13H12BrCl2N3O. The van der Waals surface area contributed by atoms with E-state index in [1.807, 2.05) is 13.1 Å². The van der Waals surface area contributed by atoms with Gasteiger partial charge in [0.1, 0.15) is 0 Å². The number of hydrogen-bond donors (Lipinski definition) is 1. The Balaban J connectivity index is 2.04. The molecule has 1 aromatic carbocycles. The van der Waals surface area contributed by atoms with Crippen LogP contribution in [0.15, 0.2) is 35.1 Å². The zero-order valence-corrected chi connectivity index (χ0v) is 13.7. The number of hydrogen-bond acceptors (Lipinski definition) is 2. The highest BCUT2D eigenvalue weighted by molar-refractivity contribution is 9.10. The number of amides is 1. The van der Waals surface area contributed by atoms with Gasteiger partial charge >= 0.3 is 0 Å². The molecule has 4 nitrogen and oxygen atoms in total. The van der Waals surface area contributed by atoms with Gasteiger partial charge in [-0.3, -0.25) is 9.48 Å². The van der Waals surface area contributed by atoms with E-state index in [1.165, 1.54) is 0 Å². The number of rotatable bonds is 4. The second kappa shape index (κ2) is 6.61. The summed E-state index contributed by atoms with van der Waals surface area (Å²) in [6.07, 6.45) is 3.49. The van der Waals surface area contributed by atoms with E-state index < -0.39 is 0 Å². The number of para-hydroxylation sites is 1. The summed E-state index contributed by atoms with van der Waals surface area (Å²) in [6.45, 7) is 2.29. The van der Waals surface area contributed by atoms with Gasteiger partial charge in [0.2, 0.25) is 5.91 Å². The molecular weight excluding hydrogens is 365 g/mol. The van der Waals surface area contributed by atoms with Crippen molar-refractivity contribution in [3.05, 3.63) is 45.1 Å². The normalized spacial score (nSPS) is 12.2. The summed E-state index contributed by atoms with van der Waals surface area (Å²) < 4.78 is 2.57. The summed E-state index contributed by atoms with van der Waals surface area (Å²) in [5.41, 5.74) is 0.439. The van der Waals surface area contributed by atoms with Gasteiger partial charge in [0.15, 0.2) is 0 Å². The maximum absolute atomic E-state index is 12.1. The Morgan fingerprint density at radius 3 is 2.65 bits per heavy atom. The zero-order chi connectivity index (χ0) is 14.7. The van der Waals surface area contributed by atoms with Crippen LogP contribution in [0, 0.1) is 5.92 Å². The number of nitrogens with one attached hydrogen (secondary N) is 1. The molecule has 0 saturated carbocycles. The van der Waals surface area contributed by atoms with Crippen LogP contribution in [0.1, 0.15) is 6.92 Å². The van der Waals surface area contributed by atoms with Crippen LogP contribution in [0.2, 0.25) is 10.0 Å². The molecule has 0 bridgehead atoms. The second-order valence-corrected chi connectivity index (χ2v) is 6.10. The summed E-state index contributed by atoms with van der Waals surface area (Å²) in [4.78, 5) is 12.1. The summed E-state index contributed by atoms with van der Waals surface area (Å²) in [6, 6.07) is 5.08. The van der Waals surface area contributed by atoms with Crippen molar-refractivity contribution < 1.29 is 4.79 Å². The standard InChI is InChI=1S/C13H12BrCl2N3O/c1-8(6-19-7-9(14)5-17-19)13(20)18-12-10(15)3-2-4-11(12)16/h2-5,7-8H,6H2,1H3,(H,18,20). The SMILES string of the molecule is CC(Cn1cc(Br)cn1)C(=O)Nc1c(Cl)cccc1Cl. The van der Waals surface area contributed by atoms with E-state index in [0.717, 1.165) is 4.47 Å². The van der Waals surface area contributed by atoms with Crippen molar-refractivity contribution in [1.82, 2.24) is 9.78 Å². The van der Waals surface area contributed by atoms with Gasteiger partial charge in [-0.1, -0.05) is 36.2 Å². The molecule has 0 aliphatic rings. The smallest absolute Gasteiger partial charge is 0.229 e. The highest BCUT2D eigenvalue weighted by atomic mass is 79.9. The lowest BCUT2D eigenvalue weighted by molar-refractivity contribution is -0.119. The lowest BCUT2D eigenvalue weighted by Crippen LogP contribution is -2.24. The summed E-state index contributed by atoms with van der Waals surface area (Å²) >= 11 is 15.4. The van der Waals surface area contributed by atoms with E-state index >= 15 is 0 Å². The van der Waals surface area contributed by atoms with Crippen LogP contribution in [0.25, 0.3) is 0 Å². The van der Waals surface area contributed by atoms with E-state index in [9.17, 15) is 4.79 Å². The lowest BCUT2D eigenvalue weighted by atomic mass is 10.1. The fourth-order valence-corrected chi connectivity index (χ4v) is 2.49. The number of carbonyl (C=O) groups is 1. The third-order valence-corrected chi connectivity index (χ3v) is 3.76. The van der Waals surface area contributed by atoms with Gasteiger partial charge in [-0.05, 0) is 28.1 Å². The van der Waals surface area contributed by atoms with E-state index in [0.29, 0.717) is 22.3 Å². The van der Waals surface area contributed by atoms with Gasteiger partial charge in [0.05, 0.1) is 38.9 Å². The number of halogens is 3. The second-order valence-electron chi connectivity index (χ2n) is 4.37. The molecule has 7 heteroatoms. The average molecular weight is 377 g/mol. The minimum atomic E-state index is -0.269. The van der Waals surface area contributed by atoms with Crippen molar-refractivity contribution in [1.29, 1.82) is 0 Å². The molecule has 106 valence electrons. The Kier molecular flexibility index (Phi) is 5.07. The van der Waals surface area contributed by atoms with E-state index in [1.54, 1.807) is 29.1 Å². The Bertz CT molecular complexity index is 610. The van der Waals surface area contributed by atoms with Crippen molar-refractivity contribution in [3.8, 4) is 0 Å². The number of benzene rings is 1. The van der Waals surface area contributed by atoms with Crippen LogP contribution < -0.4 is 5.32 Å². The first-order chi connectivity index (χ1) is 9.47. The van der Waals surface area contributed by atoms with Crippen molar-refractivity contribution in [2.45, 2.75) is 13.5 Å². The molecule has 1 amide bonds. The summed E-state index contributed by atoms with van der Waals surface area (Å²) in [5, 5.41) is 7.70. The van der Waals surface area contributed by atoms with Crippen LogP contribution in [-0.4, -0.2) is 15.7 Å². The summed E-state index contributed by atoms with van der Waals surface area (Å²) in [5.74, 6) is -0.430. The number of anilines is 1. The Morgan fingerprint density at radius 2 is 2.10 bits per heavy atom. The predicted molar refractivity (Wildman–Crippen MR) is 84.2 cm³/mol. The first kappa shape index (κ1) is 15.4. The van der Waals surface area contributed by atoms with Crippen LogP contribution in [0.4, 0.5) is 5.69 Å². The number of carbonyl (C=O) groups excluding carboxylic acids is 1. The third kappa shape index (κ3) is 3.75. The lowest BCUT2D eigenvalue weighted by Gasteiger charge is -2.14. The molecule has 0 spiro atoms. The maximum Gasteiger partial charge on any atom is 0.229 e. The minimum Gasteiger partial charge on any atom is -0.323 e. The first-order valence-electron chi connectivity index (χ1n) is 5.90. The average Bonchev–Trinajstić information content (AvgIpc) is 2.79. The zero-order valence-electron chi connectivity index (χ0n) is 10.6. The van der Waals surface area contributed by atoms with Crippen LogP contribution >= 0.6 is 39.1 Å². The quantitative estimate of drug-likeness (QED) is 0.867. The fourth-order valence-electron chi connectivity index (χ4n) is 1.67. The first-order valence-corrected chi connectivity index (χ1v) is 7.45. The molecule has 1 unspecified atom stereocenters. The Hall–Kier alpha value is -1.04. The number of nitrogens with zero attached hydrogens (tertiary/aromatic N) is 2. The van der Waals surface area contributed by atoms with E-state index in [4.69, 9.17) is 23.2 Å². The van der Waals surface area contributed by atoms with Crippen LogP contribution in [0.5, 0.6) is 0 Å². The fraction of sp³-hybridized carbons (Fsp3) is 0.231. The molecule has 1 heterocycles. The molecule has 0 aliphatic carbocycles. The molecule has 0 saturated heterocycles. The Labute approximate surface area is 135 Å². The van der Waals surface area contributed by atoms with Crippen molar-refractivity contribution in [3.63, 3.8) is 0 Å². The molecule has 1 aromatic heterocycles.